The molecule has 17 heavy (non-hydrogen) atoms. The Labute approximate surface area is 102 Å². The van der Waals surface area contributed by atoms with Crippen LogP contribution < -0.4 is 11.1 Å². The Hall–Kier alpha value is -1.55. The number of nitrogens with two attached hydrogens (primary N) is 1. The first kappa shape index (κ1) is 13.5. The van der Waals surface area contributed by atoms with Crippen LogP contribution in [0.1, 0.15) is 29.8 Å². The molecule has 0 aromatic heterocycles. The predicted molar refractivity (Wildman–Crippen MR) is 68.8 cm³/mol. The SMILES string of the molecule is Cc1cc(N)ccc1C(=O)NC(C)C(C)CO. The molecule has 2 unspecified atom stereocenters. The molecule has 4 heteroatoms. The number of rotatable bonds is 4. The van der Waals surface area contributed by atoms with E-state index in [1.807, 2.05) is 20.8 Å². The van der Waals surface area contributed by atoms with Crippen molar-refractivity contribution in [1.29, 1.82) is 0 Å². The number of hydrogen-bond donors (Lipinski definition) is 3. The second kappa shape index (κ2) is 5.68. The lowest BCUT2D eigenvalue weighted by molar-refractivity contribution is 0.0915. The predicted octanol–water partition coefficient (Wildman–Crippen LogP) is 1.32. The van der Waals surface area contributed by atoms with E-state index < -0.39 is 0 Å². The van der Waals surface area contributed by atoms with Crippen LogP contribution in [0.15, 0.2) is 18.2 Å². The highest BCUT2D eigenvalue weighted by Gasteiger charge is 2.16. The number of aliphatic hydroxyl groups excluding tert-OH is 1. The van der Waals surface area contributed by atoms with E-state index in [1.54, 1.807) is 18.2 Å². The zero-order chi connectivity index (χ0) is 13.0. The molecule has 94 valence electrons. The number of anilines is 1. The highest BCUT2D eigenvalue weighted by atomic mass is 16.3. The molecule has 4 N–H and O–H groups in total. The van der Waals surface area contributed by atoms with Crippen molar-refractivity contribution >= 4 is 11.6 Å². The average Bonchev–Trinajstić information content (AvgIpc) is 2.27. The monoisotopic (exact) mass is 236 g/mol. The zero-order valence-electron chi connectivity index (χ0n) is 10.5. The van der Waals surface area contributed by atoms with Crippen LogP contribution in [0.4, 0.5) is 5.69 Å². The fourth-order valence-electron chi connectivity index (χ4n) is 1.53. The fraction of sp³-hybridized carbons (Fsp3) is 0.462. The number of nitrogen functional groups attached to an aromatic ring is 1. The molecular weight excluding hydrogens is 216 g/mol. The van der Waals surface area contributed by atoms with Crippen LogP contribution in [0.5, 0.6) is 0 Å². The molecule has 0 aliphatic carbocycles. The highest BCUT2D eigenvalue weighted by molar-refractivity contribution is 5.96. The summed E-state index contributed by atoms with van der Waals surface area (Å²) in [5.74, 6) is -0.0941. The van der Waals surface area contributed by atoms with E-state index in [9.17, 15) is 4.79 Å². The van der Waals surface area contributed by atoms with E-state index in [4.69, 9.17) is 10.8 Å². The Morgan fingerprint density at radius 2 is 2.12 bits per heavy atom. The average molecular weight is 236 g/mol. The van der Waals surface area contributed by atoms with E-state index in [1.165, 1.54) is 0 Å². The van der Waals surface area contributed by atoms with Gasteiger partial charge in [-0.05, 0) is 43.5 Å². The fourth-order valence-corrected chi connectivity index (χ4v) is 1.53. The summed E-state index contributed by atoms with van der Waals surface area (Å²) in [6.07, 6.45) is 0. The molecule has 0 spiro atoms. The minimum atomic E-state index is -0.129. The molecule has 0 saturated heterocycles. The van der Waals surface area contributed by atoms with Gasteiger partial charge in [-0.3, -0.25) is 4.79 Å². The van der Waals surface area contributed by atoms with Gasteiger partial charge in [0.25, 0.3) is 5.91 Å². The summed E-state index contributed by atoms with van der Waals surface area (Å²) < 4.78 is 0. The molecule has 0 aliphatic heterocycles. The van der Waals surface area contributed by atoms with E-state index in [2.05, 4.69) is 5.32 Å². The molecule has 0 heterocycles. The molecular formula is C13H20N2O2. The van der Waals surface area contributed by atoms with Crippen molar-refractivity contribution in [3.05, 3.63) is 29.3 Å². The van der Waals surface area contributed by atoms with Crippen LogP contribution in [-0.2, 0) is 0 Å². The van der Waals surface area contributed by atoms with Gasteiger partial charge < -0.3 is 16.2 Å². The first-order chi connectivity index (χ1) is 7.95. The molecule has 1 aromatic carbocycles. The van der Waals surface area contributed by atoms with Crippen molar-refractivity contribution in [2.45, 2.75) is 26.8 Å². The van der Waals surface area contributed by atoms with Crippen LogP contribution in [0.2, 0.25) is 0 Å². The van der Waals surface area contributed by atoms with Crippen LogP contribution in [0.3, 0.4) is 0 Å². The van der Waals surface area contributed by atoms with E-state index >= 15 is 0 Å². The summed E-state index contributed by atoms with van der Waals surface area (Å²) in [4.78, 5) is 12.0. The van der Waals surface area contributed by atoms with Gasteiger partial charge in [-0.1, -0.05) is 6.92 Å². The first-order valence-corrected chi connectivity index (χ1v) is 5.73. The zero-order valence-corrected chi connectivity index (χ0v) is 10.5. The van der Waals surface area contributed by atoms with E-state index in [0.29, 0.717) is 11.3 Å². The number of aryl methyl sites for hydroxylation is 1. The molecule has 1 amide bonds. The summed E-state index contributed by atoms with van der Waals surface area (Å²) in [5.41, 5.74) is 7.76. The molecule has 1 aromatic rings. The molecule has 0 fully saturated rings. The van der Waals surface area contributed by atoms with Crippen LogP contribution in [0, 0.1) is 12.8 Å². The Kier molecular flexibility index (Phi) is 4.52. The van der Waals surface area contributed by atoms with Gasteiger partial charge in [0.15, 0.2) is 0 Å². The maximum absolute atomic E-state index is 12.0. The van der Waals surface area contributed by atoms with Crippen molar-refractivity contribution in [2.24, 2.45) is 5.92 Å². The molecule has 2 atom stereocenters. The standard InChI is InChI=1S/C13H20N2O2/c1-8-6-11(14)4-5-12(8)13(17)15-10(3)9(2)7-16/h4-6,9-10,16H,7,14H2,1-3H3,(H,15,17). The van der Waals surface area contributed by atoms with E-state index in [-0.39, 0.29) is 24.5 Å². The first-order valence-electron chi connectivity index (χ1n) is 5.73. The third-order valence-electron chi connectivity index (χ3n) is 3.00. The third-order valence-corrected chi connectivity index (χ3v) is 3.00. The molecule has 0 aliphatic rings. The summed E-state index contributed by atoms with van der Waals surface area (Å²) in [5, 5.41) is 11.9. The summed E-state index contributed by atoms with van der Waals surface area (Å²) in [7, 11) is 0. The van der Waals surface area contributed by atoms with Gasteiger partial charge in [0.1, 0.15) is 0 Å². The van der Waals surface area contributed by atoms with Gasteiger partial charge in [0, 0.05) is 23.9 Å². The highest BCUT2D eigenvalue weighted by Crippen LogP contribution is 2.13. The smallest absolute Gasteiger partial charge is 0.251 e. The molecule has 0 saturated carbocycles. The molecule has 1 rings (SSSR count). The summed E-state index contributed by atoms with van der Waals surface area (Å²) in [6.45, 7) is 5.68. The number of hydrogen-bond acceptors (Lipinski definition) is 3. The molecule has 0 radical (unpaired) electrons. The topological polar surface area (TPSA) is 75.4 Å². The second-order valence-corrected chi connectivity index (χ2v) is 4.50. The minimum Gasteiger partial charge on any atom is -0.399 e. The largest absolute Gasteiger partial charge is 0.399 e. The quantitative estimate of drug-likeness (QED) is 0.690. The number of amides is 1. The Morgan fingerprint density at radius 3 is 2.65 bits per heavy atom. The Morgan fingerprint density at radius 1 is 1.47 bits per heavy atom. The lowest BCUT2D eigenvalue weighted by Gasteiger charge is -2.19. The van der Waals surface area contributed by atoms with Crippen LogP contribution in [0.25, 0.3) is 0 Å². The molecule has 0 bridgehead atoms. The minimum absolute atomic E-state index is 0.0352. The van der Waals surface area contributed by atoms with Crippen LogP contribution >= 0.6 is 0 Å². The van der Waals surface area contributed by atoms with Crippen molar-refractivity contribution < 1.29 is 9.90 Å². The van der Waals surface area contributed by atoms with Crippen molar-refractivity contribution in [3.8, 4) is 0 Å². The van der Waals surface area contributed by atoms with Gasteiger partial charge in [0.2, 0.25) is 0 Å². The van der Waals surface area contributed by atoms with Gasteiger partial charge >= 0.3 is 0 Å². The maximum Gasteiger partial charge on any atom is 0.251 e. The van der Waals surface area contributed by atoms with Gasteiger partial charge in [-0.15, -0.1) is 0 Å². The van der Waals surface area contributed by atoms with Crippen LogP contribution in [-0.4, -0.2) is 23.7 Å². The maximum atomic E-state index is 12.0. The normalized spacial score (nSPS) is 14.1. The van der Waals surface area contributed by atoms with Crippen molar-refractivity contribution in [1.82, 2.24) is 5.32 Å². The summed E-state index contributed by atoms with van der Waals surface area (Å²) >= 11 is 0. The van der Waals surface area contributed by atoms with Crippen molar-refractivity contribution in [2.75, 3.05) is 12.3 Å². The van der Waals surface area contributed by atoms with Crippen molar-refractivity contribution in [3.63, 3.8) is 0 Å². The lowest BCUT2D eigenvalue weighted by Crippen LogP contribution is -2.38. The number of carbonyl (C=O) groups is 1. The number of carbonyl (C=O) groups excluding carboxylic acids is 1. The van der Waals surface area contributed by atoms with E-state index in [0.717, 1.165) is 5.56 Å². The lowest BCUT2D eigenvalue weighted by atomic mass is 10.0. The third kappa shape index (κ3) is 3.46. The summed E-state index contributed by atoms with van der Waals surface area (Å²) in [6, 6.07) is 5.14. The number of benzene rings is 1. The molecule has 4 nitrogen and oxygen atoms in total. The Bertz CT molecular complexity index is 404. The number of aliphatic hydroxyl groups is 1. The Balaban J connectivity index is 2.76. The van der Waals surface area contributed by atoms with Gasteiger partial charge in [-0.25, -0.2) is 0 Å². The number of nitrogens with one attached hydrogen (secondary N) is 1. The second-order valence-electron chi connectivity index (χ2n) is 4.50. The van der Waals surface area contributed by atoms with Gasteiger partial charge in [-0.2, -0.15) is 0 Å². The van der Waals surface area contributed by atoms with Gasteiger partial charge in [0.05, 0.1) is 0 Å².